The van der Waals surface area contributed by atoms with Gasteiger partial charge in [-0.1, -0.05) is 31.2 Å². The van der Waals surface area contributed by atoms with Crippen molar-refractivity contribution in [2.24, 2.45) is 22.4 Å². The van der Waals surface area contributed by atoms with Crippen LogP contribution in [0.5, 0.6) is 0 Å². The van der Waals surface area contributed by atoms with E-state index in [0.717, 1.165) is 37.3 Å². The van der Waals surface area contributed by atoms with E-state index >= 15 is 0 Å². The van der Waals surface area contributed by atoms with Crippen LogP contribution in [-0.2, 0) is 6.42 Å². The Morgan fingerprint density at radius 1 is 1.34 bits per heavy atom. The first kappa shape index (κ1) is 20.0. The molecule has 3 atom stereocenters. The topological polar surface area (TPSA) is 92.6 Å². The summed E-state index contributed by atoms with van der Waals surface area (Å²) in [7, 11) is 0. The molecule has 2 heterocycles. The number of fused-ring (bicyclic) bond motifs is 2. The molecule has 2 aliphatic carbocycles. The van der Waals surface area contributed by atoms with Crippen molar-refractivity contribution in [1.29, 1.82) is 0 Å². The Labute approximate surface area is 173 Å². The van der Waals surface area contributed by atoms with Crippen LogP contribution < -0.4 is 16.8 Å². The third kappa shape index (κ3) is 4.34. The van der Waals surface area contributed by atoms with E-state index in [9.17, 15) is 0 Å². The number of amidine groups is 1. The van der Waals surface area contributed by atoms with Gasteiger partial charge in [-0.2, -0.15) is 0 Å². The Bertz CT molecular complexity index is 847. The standard InChI is InChI=1S/C23H32N6/c1-16-5-2-8-19-22(16)28-21(27-19)15-29(12-10-17(13-24)14-25)20-9-3-6-18-7-4-11-26-23(18)20/h2,4-5,7-8,10-11,16,20,22H,3,6,9,12-15,24-25H2,1H3,(H,27,28). The zero-order valence-electron chi connectivity index (χ0n) is 17.2. The molecule has 6 heteroatoms. The molecule has 3 unspecified atom stereocenters. The number of aliphatic imine (C=N–C) groups is 1. The van der Waals surface area contributed by atoms with E-state index in [0.29, 0.717) is 19.0 Å². The van der Waals surface area contributed by atoms with Crippen molar-refractivity contribution in [3.05, 3.63) is 65.2 Å². The van der Waals surface area contributed by atoms with Crippen LogP contribution in [0.1, 0.15) is 37.1 Å². The van der Waals surface area contributed by atoms with Crippen molar-refractivity contribution in [3.63, 3.8) is 0 Å². The van der Waals surface area contributed by atoms with Gasteiger partial charge in [0.1, 0.15) is 5.84 Å². The molecule has 6 nitrogen and oxygen atoms in total. The predicted molar refractivity (Wildman–Crippen MR) is 118 cm³/mol. The number of pyridine rings is 1. The SMILES string of the molecule is CC1C=CC=C2NC(CN(CC=C(CN)CN)C3CCCc4cccnc43)=NC21. The van der Waals surface area contributed by atoms with Crippen LogP contribution in [0.3, 0.4) is 0 Å². The van der Waals surface area contributed by atoms with E-state index in [1.165, 1.54) is 23.4 Å². The molecule has 1 aromatic heterocycles. The van der Waals surface area contributed by atoms with E-state index in [4.69, 9.17) is 21.4 Å². The quantitative estimate of drug-likeness (QED) is 0.618. The number of nitrogens with two attached hydrogens (primary N) is 2. The number of rotatable bonds is 7. The van der Waals surface area contributed by atoms with Gasteiger partial charge in [-0.05, 0) is 42.5 Å². The normalized spacial score (nSPS) is 25.0. The second-order valence-corrected chi connectivity index (χ2v) is 8.17. The fourth-order valence-electron chi connectivity index (χ4n) is 4.50. The summed E-state index contributed by atoms with van der Waals surface area (Å²) in [5, 5.41) is 3.56. The lowest BCUT2D eigenvalue weighted by molar-refractivity contribution is 0.219. The Kier molecular flexibility index (Phi) is 6.23. The number of aromatic nitrogens is 1. The molecule has 3 aliphatic rings. The van der Waals surface area contributed by atoms with Gasteiger partial charge in [0, 0.05) is 37.4 Å². The number of hydrogen-bond donors (Lipinski definition) is 3. The van der Waals surface area contributed by atoms with Crippen LogP contribution in [0.25, 0.3) is 0 Å². The van der Waals surface area contributed by atoms with E-state index in [1.54, 1.807) is 0 Å². The smallest absolute Gasteiger partial charge is 0.116 e. The largest absolute Gasteiger partial charge is 0.345 e. The zero-order valence-corrected chi connectivity index (χ0v) is 17.2. The Balaban J connectivity index is 1.58. The number of nitrogens with one attached hydrogen (secondary N) is 1. The summed E-state index contributed by atoms with van der Waals surface area (Å²) in [6.45, 7) is 4.78. The Hall–Kier alpha value is -2.28. The molecule has 154 valence electrons. The van der Waals surface area contributed by atoms with E-state index in [1.807, 2.05) is 12.3 Å². The first-order chi connectivity index (χ1) is 14.2. The van der Waals surface area contributed by atoms with Crippen LogP contribution in [0.15, 0.2) is 58.9 Å². The van der Waals surface area contributed by atoms with E-state index < -0.39 is 0 Å². The van der Waals surface area contributed by atoms with Crippen molar-refractivity contribution in [3.8, 4) is 0 Å². The minimum atomic E-state index is 0.216. The second kappa shape index (κ2) is 9.03. The third-order valence-electron chi connectivity index (χ3n) is 6.19. The van der Waals surface area contributed by atoms with Crippen molar-refractivity contribution < 1.29 is 0 Å². The molecule has 0 fully saturated rings. The van der Waals surface area contributed by atoms with Gasteiger partial charge in [-0.3, -0.25) is 14.9 Å². The fraction of sp³-hybridized carbons (Fsp3) is 0.478. The summed E-state index contributed by atoms with van der Waals surface area (Å²) in [5.41, 5.74) is 16.6. The molecule has 5 N–H and O–H groups in total. The first-order valence-corrected chi connectivity index (χ1v) is 10.7. The van der Waals surface area contributed by atoms with Gasteiger partial charge in [0.05, 0.1) is 24.3 Å². The third-order valence-corrected chi connectivity index (χ3v) is 6.19. The van der Waals surface area contributed by atoms with Gasteiger partial charge < -0.3 is 16.8 Å². The molecule has 0 saturated carbocycles. The maximum absolute atomic E-state index is 5.85. The van der Waals surface area contributed by atoms with Gasteiger partial charge >= 0.3 is 0 Å². The minimum absolute atomic E-state index is 0.216. The lowest BCUT2D eigenvalue weighted by Gasteiger charge is -2.34. The van der Waals surface area contributed by atoms with Gasteiger partial charge in [-0.15, -0.1) is 0 Å². The lowest BCUT2D eigenvalue weighted by Crippen LogP contribution is -2.39. The highest BCUT2D eigenvalue weighted by molar-refractivity contribution is 5.88. The molecule has 4 rings (SSSR count). The molecule has 0 amide bonds. The molecular weight excluding hydrogens is 360 g/mol. The molecule has 0 saturated heterocycles. The highest BCUT2D eigenvalue weighted by Gasteiger charge is 2.32. The summed E-state index contributed by atoms with van der Waals surface area (Å²) in [6.07, 6.45) is 14.0. The van der Waals surface area contributed by atoms with Crippen molar-refractivity contribution in [2.75, 3.05) is 26.2 Å². The van der Waals surface area contributed by atoms with Crippen LogP contribution in [0, 0.1) is 5.92 Å². The molecule has 0 spiro atoms. The monoisotopic (exact) mass is 392 g/mol. The minimum Gasteiger partial charge on any atom is -0.345 e. The van der Waals surface area contributed by atoms with E-state index in [2.05, 4.69) is 47.5 Å². The van der Waals surface area contributed by atoms with Gasteiger partial charge in [0.2, 0.25) is 0 Å². The van der Waals surface area contributed by atoms with Crippen LogP contribution in [0.2, 0.25) is 0 Å². The summed E-state index contributed by atoms with van der Waals surface area (Å²) in [5.74, 6) is 1.46. The van der Waals surface area contributed by atoms with Gasteiger partial charge in [0.25, 0.3) is 0 Å². The number of allylic oxidation sites excluding steroid dienone is 2. The van der Waals surface area contributed by atoms with Crippen molar-refractivity contribution in [2.45, 2.75) is 38.3 Å². The van der Waals surface area contributed by atoms with Gasteiger partial charge in [0.15, 0.2) is 0 Å². The molecule has 1 aromatic rings. The van der Waals surface area contributed by atoms with E-state index in [-0.39, 0.29) is 12.1 Å². The highest BCUT2D eigenvalue weighted by Crippen LogP contribution is 2.33. The molecule has 0 aromatic carbocycles. The van der Waals surface area contributed by atoms with Crippen LogP contribution in [-0.4, -0.2) is 47.9 Å². The second-order valence-electron chi connectivity index (χ2n) is 8.17. The Morgan fingerprint density at radius 2 is 2.21 bits per heavy atom. The Morgan fingerprint density at radius 3 is 3.00 bits per heavy atom. The number of nitrogens with zero attached hydrogens (tertiary/aromatic N) is 3. The highest BCUT2D eigenvalue weighted by atomic mass is 15.2. The summed E-state index contributed by atoms with van der Waals surface area (Å²) < 4.78 is 0. The molecule has 0 bridgehead atoms. The lowest BCUT2D eigenvalue weighted by atomic mass is 9.90. The molecular formula is C23H32N6. The average Bonchev–Trinajstić information content (AvgIpc) is 3.17. The fourth-order valence-corrected chi connectivity index (χ4v) is 4.50. The molecule has 29 heavy (non-hydrogen) atoms. The summed E-state index contributed by atoms with van der Waals surface area (Å²) in [6, 6.07) is 4.75. The zero-order chi connectivity index (χ0) is 20.2. The number of aryl methyl sites for hydroxylation is 1. The number of hydrogen-bond acceptors (Lipinski definition) is 6. The van der Waals surface area contributed by atoms with Crippen molar-refractivity contribution >= 4 is 5.84 Å². The summed E-state index contributed by atoms with van der Waals surface area (Å²) >= 11 is 0. The first-order valence-electron chi connectivity index (χ1n) is 10.7. The van der Waals surface area contributed by atoms with Crippen molar-refractivity contribution in [1.82, 2.24) is 15.2 Å². The van der Waals surface area contributed by atoms with Crippen LogP contribution >= 0.6 is 0 Å². The van der Waals surface area contributed by atoms with Crippen LogP contribution in [0.4, 0.5) is 0 Å². The molecule has 1 aliphatic heterocycles. The summed E-state index contributed by atoms with van der Waals surface area (Å²) in [4.78, 5) is 12.2. The van der Waals surface area contributed by atoms with Gasteiger partial charge in [-0.25, -0.2) is 0 Å². The average molecular weight is 393 g/mol. The predicted octanol–water partition coefficient (Wildman–Crippen LogP) is 2.06. The maximum atomic E-state index is 5.85. The maximum Gasteiger partial charge on any atom is 0.116 e. The molecule has 0 radical (unpaired) electrons.